The number of hydrogen-bond donors (Lipinski definition) is 0. The quantitative estimate of drug-likeness (QED) is 0.645. The van der Waals surface area contributed by atoms with Crippen molar-refractivity contribution >= 4 is 37.2 Å². The molecule has 0 fully saturated rings. The first-order chi connectivity index (χ1) is 5.35. The van der Waals surface area contributed by atoms with Crippen molar-refractivity contribution in [1.29, 1.82) is 0 Å². The van der Waals surface area contributed by atoms with E-state index in [4.69, 9.17) is 4.74 Å². The summed E-state index contributed by atoms with van der Waals surface area (Å²) in [5, 5.41) is 0. The molecule has 3 heteroatoms. The van der Waals surface area contributed by atoms with Gasteiger partial charge in [-0.1, -0.05) is 26.7 Å². The van der Waals surface area contributed by atoms with Gasteiger partial charge in [-0.15, -0.1) is 0 Å². The molecule has 0 aromatic rings. The predicted molar refractivity (Wildman–Crippen MR) is 68.6 cm³/mol. The largest absolute Gasteiger partial charge is 0.381 e. The zero-order chi connectivity index (χ0) is 9.11. The second-order valence-electron chi connectivity index (χ2n) is 2.34. The van der Waals surface area contributed by atoms with Crippen molar-refractivity contribution in [2.24, 2.45) is 5.92 Å². The molecule has 0 atom stereocenters. The van der Waals surface area contributed by atoms with Crippen LogP contribution in [0.1, 0.15) is 33.6 Å². The van der Waals surface area contributed by atoms with Gasteiger partial charge in [-0.05, 0) is 12.8 Å². The van der Waals surface area contributed by atoms with Crippen LogP contribution in [0.25, 0.3) is 0 Å². The topological polar surface area (TPSA) is 9.23 Å². The van der Waals surface area contributed by atoms with Gasteiger partial charge in [-0.3, -0.25) is 0 Å². The van der Waals surface area contributed by atoms with Crippen LogP contribution in [-0.4, -0.2) is 13.2 Å². The molecule has 0 radical (unpaired) electrons. The lowest BCUT2D eigenvalue weighted by Crippen LogP contribution is -2.06. The predicted octanol–water partition coefficient (Wildman–Crippen LogP) is 4.23. The molecular formula is C8H18I2O. The van der Waals surface area contributed by atoms with E-state index in [2.05, 4.69) is 51.1 Å². The van der Waals surface area contributed by atoms with Crippen molar-refractivity contribution in [3.05, 3.63) is 0 Å². The van der Waals surface area contributed by atoms with Crippen molar-refractivity contribution in [2.45, 2.75) is 33.6 Å². The minimum Gasteiger partial charge on any atom is -0.381 e. The Bertz CT molecular complexity index is 56.1. The molecule has 0 aliphatic rings. The van der Waals surface area contributed by atoms with E-state index in [1.54, 1.807) is 0 Å². The van der Waals surface area contributed by atoms with Gasteiger partial charge in [0.15, 0.2) is 0 Å². The molecule has 0 aromatic heterocycles. The summed E-state index contributed by atoms with van der Waals surface area (Å²) in [5.74, 6) is 0.782. The van der Waals surface area contributed by atoms with Gasteiger partial charge >= 0.3 is 0 Å². The second-order valence-corrected chi connectivity index (χ2v) is 2.34. The fourth-order valence-corrected chi connectivity index (χ4v) is 0.809. The lowest BCUT2D eigenvalue weighted by atomic mass is 10.1. The fourth-order valence-electron chi connectivity index (χ4n) is 0.809. The number of halogens is 2. The monoisotopic (exact) mass is 384 g/mol. The standard InChI is InChI=1S/C8H18O.I2/c1-4-8(5-2)7-9-6-3;1-2/h8H,4-7H2,1-3H3;. The highest BCUT2D eigenvalue weighted by Gasteiger charge is 2.00. The molecule has 11 heavy (non-hydrogen) atoms. The molecular weight excluding hydrogens is 366 g/mol. The highest BCUT2D eigenvalue weighted by atomic mass is 128. The van der Waals surface area contributed by atoms with E-state index in [1.807, 2.05) is 6.92 Å². The van der Waals surface area contributed by atoms with Crippen molar-refractivity contribution < 1.29 is 4.74 Å². The second kappa shape index (κ2) is 14.0. The molecule has 0 spiro atoms. The van der Waals surface area contributed by atoms with E-state index in [-0.39, 0.29) is 0 Å². The van der Waals surface area contributed by atoms with Gasteiger partial charge in [0.2, 0.25) is 0 Å². The minimum absolute atomic E-state index is 0.782. The molecule has 0 aliphatic carbocycles. The Hall–Kier alpha value is 1.42. The molecule has 0 bridgehead atoms. The van der Waals surface area contributed by atoms with Crippen LogP contribution in [-0.2, 0) is 4.74 Å². The molecule has 0 rings (SSSR count). The normalized spacial score (nSPS) is 9.27. The summed E-state index contributed by atoms with van der Waals surface area (Å²) in [6.07, 6.45) is 2.49. The Morgan fingerprint density at radius 3 is 1.82 bits per heavy atom. The molecule has 0 aromatic carbocycles. The summed E-state index contributed by atoms with van der Waals surface area (Å²) < 4.78 is 5.28. The molecule has 0 aliphatic heterocycles. The van der Waals surface area contributed by atoms with Crippen molar-refractivity contribution in [3.8, 4) is 0 Å². The third-order valence-corrected chi connectivity index (χ3v) is 1.71. The first kappa shape index (κ1) is 14.9. The van der Waals surface area contributed by atoms with Gasteiger partial charge in [0, 0.05) is 50.4 Å². The molecule has 0 unspecified atom stereocenters. The Morgan fingerprint density at radius 2 is 1.55 bits per heavy atom. The first-order valence-electron chi connectivity index (χ1n) is 4.07. The van der Waals surface area contributed by atoms with Gasteiger partial charge in [0.25, 0.3) is 0 Å². The molecule has 1 nitrogen and oxygen atoms in total. The van der Waals surface area contributed by atoms with Crippen molar-refractivity contribution in [2.75, 3.05) is 13.2 Å². The maximum Gasteiger partial charge on any atom is 0.0493 e. The van der Waals surface area contributed by atoms with Gasteiger partial charge in [0.1, 0.15) is 0 Å². The Balaban J connectivity index is 0. The van der Waals surface area contributed by atoms with E-state index >= 15 is 0 Å². The van der Waals surface area contributed by atoms with Crippen LogP contribution in [0.3, 0.4) is 0 Å². The SMILES string of the molecule is CCOCC(CC)CC.II. The van der Waals surface area contributed by atoms with E-state index in [0.717, 1.165) is 19.1 Å². The summed E-state index contributed by atoms with van der Waals surface area (Å²) in [6.45, 7) is 8.28. The molecule has 0 saturated carbocycles. The molecule has 0 heterocycles. The average Bonchev–Trinajstić information content (AvgIpc) is 2.10. The van der Waals surface area contributed by atoms with Gasteiger partial charge < -0.3 is 4.74 Å². The first-order valence-corrected chi connectivity index (χ1v) is 10.4. The molecule has 70 valence electrons. The smallest absolute Gasteiger partial charge is 0.0493 e. The van der Waals surface area contributed by atoms with Crippen LogP contribution in [0.15, 0.2) is 0 Å². The highest BCUT2D eigenvalue weighted by molar-refractivity contribution is 15.0. The fraction of sp³-hybridized carbons (Fsp3) is 1.00. The van der Waals surface area contributed by atoms with E-state index in [9.17, 15) is 0 Å². The van der Waals surface area contributed by atoms with Crippen molar-refractivity contribution in [1.82, 2.24) is 0 Å². The Labute approximate surface area is 94.0 Å². The maximum absolute atomic E-state index is 5.28. The maximum atomic E-state index is 5.28. The van der Waals surface area contributed by atoms with Crippen LogP contribution in [0.5, 0.6) is 0 Å². The lowest BCUT2D eigenvalue weighted by Gasteiger charge is -2.10. The Kier molecular flexibility index (Phi) is 19.0. The van der Waals surface area contributed by atoms with E-state index in [1.165, 1.54) is 12.8 Å². The molecule has 0 N–H and O–H groups in total. The van der Waals surface area contributed by atoms with E-state index in [0.29, 0.717) is 0 Å². The summed E-state index contributed by atoms with van der Waals surface area (Å²) in [6, 6.07) is 0. The summed E-state index contributed by atoms with van der Waals surface area (Å²) >= 11 is 4.24. The summed E-state index contributed by atoms with van der Waals surface area (Å²) in [5.41, 5.74) is 0. The van der Waals surface area contributed by atoms with Gasteiger partial charge in [-0.2, -0.15) is 0 Å². The summed E-state index contributed by atoms with van der Waals surface area (Å²) in [4.78, 5) is 0. The third kappa shape index (κ3) is 11.4. The number of rotatable bonds is 5. The lowest BCUT2D eigenvalue weighted by molar-refractivity contribution is 0.107. The van der Waals surface area contributed by atoms with Crippen LogP contribution in [0, 0.1) is 5.92 Å². The number of ether oxygens (including phenoxy) is 1. The average molecular weight is 384 g/mol. The van der Waals surface area contributed by atoms with Gasteiger partial charge in [-0.25, -0.2) is 0 Å². The summed E-state index contributed by atoms with van der Waals surface area (Å²) in [7, 11) is 0. The third-order valence-electron chi connectivity index (χ3n) is 1.71. The zero-order valence-electron chi connectivity index (χ0n) is 7.57. The van der Waals surface area contributed by atoms with Gasteiger partial charge in [0.05, 0.1) is 0 Å². The Morgan fingerprint density at radius 1 is 1.09 bits per heavy atom. The highest BCUT2D eigenvalue weighted by Crippen LogP contribution is 2.06. The van der Waals surface area contributed by atoms with Crippen molar-refractivity contribution in [3.63, 3.8) is 0 Å². The number of hydrogen-bond acceptors (Lipinski definition) is 1. The molecule has 0 amide bonds. The van der Waals surface area contributed by atoms with Crippen LogP contribution < -0.4 is 0 Å². The van der Waals surface area contributed by atoms with Crippen LogP contribution >= 0.6 is 37.2 Å². The molecule has 0 saturated heterocycles. The van der Waals surface area contributed by atoms with E-state index < -0.39 is 0 Å². The van der Waals surface area contributed by atoms with Crippen LogP contribution in [0.2, 0.25) is 0 Å². The zero-order valence-corrected chi connectivity index (χ0v) is 11.9. The minimum atomic E-state index is 0.782. The van der Waals surface area contributed by atoms with Crippen LogP contribution in [0.4, 0.5) is 0 Å².